The molecule has 2 saturated heterocycles. The molecule has 1 aromatic rings. The number of rotatable bonds is 17. The Kier molecular flexibility index (Phi) is 13.9. The topological polar surface area (TPSA) is 250 Å². The van der Waals surface area contributed by atoms with E-state index in [0.29, 0.717) is 11.1 Å². The minimum Gasteiger partial charge on any atom is -0.467 e. The van der Waals surface area contributed by atoms with Crippen LogP contribution in [0.1, 0.15) is 20.7 Å². The Hall–Kier alpha value is -2.69. The lowest BCUT2D eigenvalue weighted by atomic mass is 9.97. The zero-order valence-corrected chi connectivity index (χ0v) is 25.6. The maximum atomic E-state index is 12.4. The lowest BCUT2D eigenvalue weighted by Gasteiger charge is -2.46. The Labute approximate surface area is 269 Å². The van der Waals surface area contributed by atoms with Gasteiger partial charge in [-0.2, -0.15) is 0 Å². The van der Waals surface area contributed by atoms with Gasteiger partial charge in [0.05, 0.1) is 71.0 Å². The average molecular weight is 676 g/mol. The molecular weight excluding hydrogens is 634 g/mol. The van der Waals surface area contributed by atoms with Crippen molar-refractivity contribution in [1.82, 2.24) is 4.90 Å². The second-order valence-corrected chi connectivity index (χ2v) is 10.8. The first kappa shape index (κ1) is 37.1. The Morgan fingerprint density at radius 2 is 1.34 bits per heavy atom. The van der Waals surface area contributed by atoms with Gasteiger partial charge < -0.3 is 68.5 Å². The first-order valence-electron chi connectivity index (χ1n) is 14.9. The number of aliphatic hydroxyl groups is 6. The number of fused-ring (bicyclic) bond motifs is 1. The summed E-state index contributed by atoms with van der Waals surface area (Å²) in [5.41, 5.74) is 0.722. The van der Waals surface area contributed by atoms with Crippen molar-refractivity contribution < 1.29 is 82.9 Å². The fourth-order valence-corrected chi connectivity index (χ4v) is 5.24. The number of amides is 2. The minimum atomic E-state index is -1.74. The molecule has 6 N–H and O–H groups in total. The van der Waals surface area contributed by atoms with Crippen LogP contribution in [0.5, 0.6) is 0 Å². The Balaban J connectivity index is 1.17. The smallest absolute Gasteiger partial charge is 0.331 e. The van der Waals surface area contributed by atoms with Crippen molar-refractivity contribution in [2.24, 2.45) is 0 Å². The highest BCUT2D eigenvalue weighted by Crippen LogP contribution is 2.30. The number of benzene rings is 1. The van der Waals surface area contributed by atoms with Crippen molar-refractivity contribution in [3.8, 4) is 0 Å². The molecule has 10 atom stereocenters. The zero-order valence-electron chi connectivity index (χ0n) is 25.6. The summed E-state index contributed by atoms with van der Waals surface area (Å²) < 4.78 is 42.7. The van der Waals surface area contributed by atoms with Gasteiger partial charge in [-0.1, -0.05) is 12.1 Å². The van der Waals surface area contributed by atoms with Crippen LogP contribution < -0.4 is 0 Å². The summed E-state index contributed by atoms with van der Waals surface area (Å²) in [7, 11) is 1.11. The number of nitrogens with zero attached hydrogens (tertiary/aromatic N) is 1. The van der Waals surface area contributed by atoms with E-state index in [1.54, 1.807) is 24.3 Å². The van der Waals surface area contributed by atoms with Gasteiger partial charge in [-0.05, 0) is 12.1 Å². The molecule has 0 unspecified atom stereocenters. The van der Waals surface area contributed by atoms with Gasteiger partial charge in [-0.3, -0.25) is 14.5 Å². The molecule has 18 nitrogen and oxygen atoms in total. The van der Waals surface area contributed by atoms with E-state index in [4.69, 9.17) is 33.2 Å². The van der Waals surface area contributed by atoms with Gasteiger partial charge >= 0.3 is 5.97 Å². The van der Waals surface area contributed by atoms with Crippen LogP contribution in [0, 0.1) is 0 Å². The lowest BCUT2D eigenvalue weighted by Crippen LogP contribution is -2.65. The summed E-state index contributed by atoms with van der Waals surface area (Å²) >= 11 is 0. The van der Waals surface area contributed by atoms with Crippen LogP contribution in [0.3, 0.4) is 0 Å². The molecule has 264 valence electrons. The summed E-state index contributed by atoms with van der Waals surface area (Å²) in [4.78, 5) is 37.4. The average Bonchev–Trinajstić information content (AvgIpc) is 3.32. The van der Waals surface area contributed by atoms with E-state index in [9.17, 15) is 45.0 Å². The number of methoxy groups -OCH3 is 1. The normalized spacial score (nSPS) is 32.4. The van der Waals surface area contributed by atoms with Crippen LogP contribution in [-0.2, 0) is 42.7 Å². The molecule has 0 aromatic heterocycles. The van der Waals surface area contributed by atoms with Crippen molar-refractivity contribution in [2.75, 3.05) is 66.5 Å². The number of carbonyl (C=O) groups is 3. The highest BCUT2D eigenvalue weighted by molar-refractivity contribution is 6.21. The summed E-state index contributed by atoms with van der Waals surface area (Å²) in [6, 6.07) is 6.58. The SMILES string of the molecule is COC(=O)CO[C@H]1[C@@H](O)[C@@H](CO)O[C@@H](O[C@H]2[C@H](O)[C@@H](O)[C@H](OCCOCCOCCN3C(=O)c4ccccc4C3=O)O[C@@H]2CO)[C@@H]1O. The summed E-state index contributed by atoms with van der Waals surface area (Å²) in [6.07, 6.45) is -15.3. The molecule has 0 bridgehead atoms. The van der Waals surface area contributed by atoms with E-state index in [1.165, 1.54) is 0 Å². The Morgan fingerprint density at radius 3 is 1.96 bits per heavy atom. The zero-order chi connectivity index (χ0) is 34.1. The highest BCUT2D eigenvalue weighted by Gasteiger charge is 2.51. The molecule has 2 fully saturated rings. The van der Waals surface area contributed by atoms with E-state index in [-0.39, 0.29) is 51.4 Å². The highest BCUT2D eigenvalue weighted by atomic mass is 16.7. The van der Waals surface area contributed by atoms with Crippen molar-refractivity contribution in [2.45, 2.75) is 61.4 Å². The summed E-state index contributed by atoms with van der Waals surface area (Å²) in [6.45, 7) is -1.61. The fraction of sp³-hybridized carbons (Fsp3) is 0.690. The summed E-state index contributed by atoms with van der Waals surface area (Å²) in [5.74, 6) is -1.53. The quantitative estimate of drug-likeness (QED) is 0.0525. The van der Waals surface area contributed by atoms with Crippen molar-refractivity contribution in [3.63, 3.8) is 0 Å². The number of carbonyl (C=O) groups excluding carboxylic acids is 3. The second-order valence-electron chi connectivity index (χ2n) is 10.8. The monoisotopic (exact) mass is 675 g/mol. The molecule has 0 aliphatic carbocycles. The maximum Gasteiger partial charge on any atom is 0.331 e. The molecule has 0 saturated carbocycles. The summed E-state index contributed by atoms with van der Waals surface area (Å²) in [5, 5.41) is 62.1. The van der Waals surface area contributed by atoms with Gasteiger partial charge in [0.15, 0.2) is 12.6 Å². The largest absolute Gasteiger partial charge is 0.467 e. The molecule has 0 radical (unpaired) electrons. The molecule has 4 rings (SSSR count). The molecule has 3 heterocycles. The minimum absolute atomic E-state index is 0.0358. The van der Waals surface area contributed by atoms with Crippen molar-refractivity contribution in [1.29, 1.82) is 0 Å². The number of ether oxygens (including phenoxy) is 8. The van der Waals surface area contributed by atoms with E-state index in [1.807, 2.05) is 0 Å². The van der Waals surface area contributed by atoms with Crippen LogP contribution in [0.25, 0.3) is 0 Å². The standard InChI is InChI=1S/C29H41NO17/c1-40-19(33)14-44-25-20(34)17(12-31)45-29(23(25)37)47-24-18(13-32)46-28(22(36)21(24)35)43-11-10-42-9-8-41-7-6-30-26(38)15-4-2-3-5-16(15)27(30)39/h2-5,17-18,20-25,28-29,31-32,34-37H,6-14H2,1H3/t17-,18-,20+,21-,22-,23-,24-,25+,28-,29+/m1/s1. The Morgan fingerprint density at radius 1 is 0.745 bits per heavy atom. The second kappa shape index (κ2) is 17.6. The third kappa shape index (κ3) is 8.86. The van der Waals surface area contributed by atoms with Crippen LogP contribution >= 0.6 is 0 Å². The van der Waals surface area contributed by atoms with Gasteiger partial charge in [0.1, 0.15) is 55.4 Å². The predicted molar refractivity (Wildman–Crippen MR) is 152 cm³/mol. The van der Waals surface area contributed by atoms with Crippen molar-refractivity contribution >= 4 is 17.8 Å². The van der Waals surface area contributed by atoms with Crippen LogP contribution in [0.2, 0.25) is 0 Å². The molecule has 3 aliphatic rings. The van der Waals surface area contributed by atoms with Crippen LogP contribution in [0.4, 0.5) is 0 Å². The molecule has 1 aromatic carbocycles. The molecular formula is C29H41NO17. The third-order valence-electron chi connectivity index (χ3n) is 7.77. The maximum absolute atomic E-state index is 12.4. The number of hydrogen-bond acceptors (Lipinski definition) is 17. The van der Waals surface area contributed by atoms with Crippen molar-refractivity contribution in [3.05, 3.63) is 35.4 Å². The van der Waals surface area contributed by atoms with Gasteiger partial charge in [0, 0.05) is 0 Å². The number of hydrogen-bond donors (Lipinski definition) is 6. The van der Waals surface area contributed by atoms with E-state index in [2.05, 4.69) is 4.74 Å². The molecule has 0 spiro atoms. The van der Waals surface area contributed by atoms with Crippen LogP contribution in [-0.4, -0.2) is 181 Å². The van der Waals surface area contributed by atoms with E-state index in [0.717, 1.165) is 12.0 Å². The Bertz CT molecular complexity index is 1150. The van der Waals surface area contributed by atoms with Gasteiger partial charge in [-0.25, -0.2) is 4.79 Å². The molecule has 2 amide bonds. The number of imide groups is 1. The predicted octanol–water partition coefficient (Wildman–Crippen LogP) is -3.85. The van der Waals surface area contributed by atoms with Gasteiger partial charge in [-0.15, -0.1) is 0 Å². The number of esters is 1. The first-order chi connectivity index (χ1) is 22.6. The van der Waals surface area contributed by atoms with E-state index < -0.39 is 87.2 Å². The van der Waals surface area contributed by atoms with Gasteiger partial charge in [0.2, 0.25) is 0 Å². The lowest BCUT2D eigenvalue weighted by molar-refractivity contribution is -0.361. The van der Waals surface area contributed by atoms with Crippen LogP contribution in [0.15, 0.2) is 24.3 Å². The molecule has 47 heavy (non-hydrogen) atoms. The van der Waals surface area contributed by atoms with Gasteiger partial charge in [0.25, 0.3) is 11.8 Å². The number of aliphatic hydroxyl groups excluding tert-OH is 6. The molecule has 3 aliphatic heterocycles. The first-order valence-corrected chi connectivity index (χ1v) is 14.9. The molecule has 18 heteroatoms. The van der Waals surface area contributed by atoms with E-state index >= 15 is 0 Å². The fourth-order valence-electron chi connectivity index (χ4n) is 5.24. The third-order valence-corrected chi connectivity index (χ3v) is 7.77.